The average Bonchev–Trinajstić information content (AvgIpc) is 3.04. The second kappa shape index (κ2) is 20.6. The van der Waals surface area contributed by atoms with Crippen LogP contribution < -0.4 is 26.6 Å². The van der Waals surface area contributed by atoms with Crippen molar-refractivity contribution in [3.05, 3.63) is 98.5 Å². The van der Waals surface area contributed by atoms with Crippen LogP contribution in [0.3, 0.4) is 0 Å². The summed E-state index contributed by atoms with van der Waals surface area (Å²) in [6.07, 6.45) is 3.37. The molecular formula is C36H47N7O11. The number of nitrogens with zero attached hydrogens (tertiary/aromatic N) is 2. The molecule has 0 aliphatic heterocycles. The summed E-state index contributed by atoms with van der Waals surface area (Å²) in [7, 11) is 0. The molecule has 0 bridgehead atoms. The lowest BCUT2D eigenvalue weighted by Gasteiger charge is -2.22. The Balaban J connectivity index is 2.03. The first kappa shape index (κ1) is 43.8. The number of carbonyl (C=O) groups is 5. The van der Waals surface area contributed by atoms with E-state index in [-0.39, 0.29) is 54.9 Å². The molecule has 3 atom stereocenters. The Kier molecular flexibility index (Phi) is 16.8. The monoisotopic (exact) mass is 753 g/mol. The molecule has 2 aromatic carbocycles. The number of nitrogens with one attached hydrogen (secondary N) is 5. The number of rotatable bonds is 21. The van der Waals surface area contributed by atoms with Crippen molar-refractivity contribution in [3.8, 4) is 0 Å². The molecule has 0 spiro atoms. The van der Waals surface area contributed by atoms with E-state index in [9.17, 15) is 54.4 Å². The molecule has 3 unspecified atom stereocenters. The molecule has 18 heteroatoms. The first-order valence-electron chi connectivity index (χ1n) is 16.9. The molecule has 2 rings (SSSR count). The van der Waals surface area contributed by atoms with Crippen LogP contribution in [-0.4, -0.2) is 67.8 Å². The third kappa shape index (κ3) is 16.8. The molecule has 0 radical (unpaired) electrons. The van der Waals surface area contributed by atoms with E-state index in [1.165, 1.54) is 36.4 Å². The zero-order chi connectivity index (χ0) is 40.6. The topological polar surface area (TPSA) is 272 Å². The second-order valence-electron chi connectivity index (χ2n) is 14.0. The predicted molar refractivity (Wildman–Crippen MR) is 199 cm³/mol. The molecular weight excluding hydrogens is 706 g/mol. The van der Waals surface area contributed by atoms with Gasteiger partial charge in [-0.05, 0) is 60.4 Å². The molecule has 0 saturated heterocycles. The van der Waals surface area contributed by atoms with Gasteiger partial charge in [0.15, 0.2) is 5.82 Å². The van der Waals surface area contributed by atoms with Crippen molar-refractivity contribution < 1.29 is 44.0 Å². The molecule has 0 fully saturated rings. The van der Waals surface area contributed by atoms with Crippen LogP contribution in [0.1, 0.15) is 65.9 Å². The summed E-state index contributed by atoms with van der Waals surface area (Å²) in [5, 5.41) is 54.5. The van der Waals surface area contributed by atoms with E-state index in [4.69, 9.17) is 0 Å². The van der Waals surface area contributed by atoms with Gasteiger partial charge in [0.25, 0.3) is 11.9 Å². The molecule has 292 valence electrons. The maximum absolute atomic E-state index is 13.2. The average molecular weight is 754 g/mol. The van der Waals surface area contributed by atoms with E-state index >= 15 is 0 Å². The summed E-state index contributed by atoms with van der Waals surface area (Å²) in [6.45, 7) is 9.17. The molecule has 3 amide bonds. The van der Waals surface area contributed by atoms with Crippen LogP contribution in [0.15, 0.2) is 72.7 Å². The predicted octanol–water partition coefficient (Wildman–Crippen LogP) is 4.18. The minimum Gasteiger partial charge on any atom is -0.480 e. The van der Waals surface area contributed by atoms with Gasteiger partial charge in [-0.1, -0.05) is 58.9 Å². The van der Waals surface area contributed by atoms with Crippen molar-refractivity contribution in [3.63, 3.8) is 0 Å². The number of non-ortho nitro benzene ring substituents is 1. The van der Waals surface area contributed by atoms with Crippen LogP contribution in [-0.2, 0) is 30.4 Å². The Hall–Kier alpha value is -6.33. The van der Waals surface area contributed by atoms with Gasteiger partial charge in [0.2, 0.25) is 17.7 Å². The number of carbonyl (C=O) groups excluding carboxylic acids is 3. The van der Waals surface area contributed by atoms with E-state index < -0.39 is 57.6 Å². The van der Waals surface area contributed by atoms with Gasteiger partial charge >= 0.3 is 11.9 Å². The van der Waals surface area contributed by atoms with Gasteiger partial charge in [0, 0.05) is 29.9 Å². The first-order chi connectivity index (χ1) is 25.2. The second-order valence-corrected chi connectivity index (χ2v) is 14.0. The summed E-state index contributed by atoms with van der Waals surface area (Å²) < 4.78 is 0. The van der Waals surface area contributed by atoms with Crippen molar-refractivity contribution in [1.82, 2.24) is 16.0 Å². The maximum Gasteiger partial charge on any atom is 0.326 e. The fourth-order valence-corrected chi connectivity index (χ4v) is 4.93. The van der Waals surface area contributed by atoms with Gasteiger partial charge in [0.1, 0.15) is 18.1 Å². The smallest absolute Gasteiger partial charge is 0.326 e. The lowest BCUT2D eigenvalue weighted by Crippen LogP contribution is -2.52. The summed E-state index contributed by atoms with van der Waals surface area (Å²) in [6, 6.07) is 7.89. The molecule has 0 aliphatic rings. The molecule has 0 aliphatic carbocycles. The van der Waals surface area contributed by atoms with Crippen LogP contribution in [0.2, 0.25) is 0 Å². The third-order valence-electron chi connectivity index (χ3n) is 7.40. The van der Waals surface area contributed by atoms with Crippen molar-refractivity contribution in [2.24, 2.45) is 11.3 Å². The molecule has 54 heavy (non-hydrogen) atoms. The quantitative estimate of drug-likeness (QED) is 0.0536. The van der Waals surface area contributed by atoms with Crippen LogP contribution >= 0.6 is 0 Å². The van der Waals surface area contributed by atoms with Crippen molar-refractivity contribution in [1.29, 1.82) is 0 Å². The largest absolute Gasteiger partial charge is 0.480 e. The number of anilines is 2. The Morgan fingerprint density at radius 1 is 0.741 bits per heavy atom. The van der Waals surface area contributed by atoms with Gasteiger partial charge in [-0.25, -0.2) is 9.59 Å². The van der Waals surface area contributed by atoms with Gasteiger partial charge in [-0.3, -0.25) is 34.6 Å². The minimum atomic E-state index is -1.39. The van der Waals surface area contributed by atoms with Crippen LogP contribution in [0, 0.1) is 31.6 Å². The van der Waals surface area contributed by atoms with Gasteiger partial charge in [-0.2, -0.15) is 0 Å². The molecule has 0 saturated carbocycles. The van der Waals surface area contributed by atoms with Crippen LogP contribution in [0.25, 0.3) is 0 Å². The number of hydrogen-bond acceptors (Lipinski definition) is 11. The molecule has 18 nitrogen and oxygen atoms in total. The third-order valence-corrected chi connectivity index (χ3v) is 7.40. The number of nitro groups is 2. The summed E-state index contributed by atoms with van der Waals surface area (Å²) in [5.74, 6) is -4.37. The number of amides is 3. The Bertz CT molecular complexity index is 1720. The van der Waals surface area contributed by atoms with Gasteiger partial charge in [-0.15, -0.1) is 0 Å². The molecule has 0 aromatic heterocycles. The normalized spacial score (nSPS) is 13.3. The van der Waals surface area contributed by atoms with E-state index in [0.29, 0.717) is 23.1 Å². The fourth-order valence-electron chi connectivity index (χ4n) is 4.93. The Labute approximate surface area is 311 Å². The zero-order valence-corrected chi connectivity index (χ0v) is 30.7. The van der Waals surface area contributed by atoms with Gasteiger partial charge in [0.05, 0.1) is 16.3 Å². The highest BCUT2D eigenvalue weighted by Gasteiger charge is 2.27. The fraction of sp³-hybridized carbons (Fsp3) is 0.417. The van der Waals surface area contributed by atoms with Crippen LogP contribution in [0.5, 0.6) is 0 Å². The summed E-state index contributed by atoms with van der Waals surface area (Å²) in [5.41, 5.74) is 0.800. The lowest BCUT2D eigenvalue weighted by molar-refractivity contribution is -0.403. The van der Waals surface area contributed by atoms with Crippen LogP contribution in [0.4, 0.5) is 17.1 Å². The lowest BCUT2D eigenvalue weighted by atomic mass is 9.92. The molecule has 2 aromatic rings. The number of benzene rings is 2. The maximum atomic E-state index is 13.2. The highest BCUT2D eigenvalue weighted by Crippen LogP contribution is 2.20. The zero-order valence-electron chi connectivity index (χ0n) is 30.7. The summed E-state index contributed by atoms with van der Waals surface area (Å²) >= 11 is 0. The number of carboxylic acid groups (broad SMARTS) is 2. The Morgan fingerprint density at radius 2 is 1.22 bits per heavy atom. The van der Waals surface area contributed by atoms with E-state index in [2.05, 4.69) is 26.6 Å². The number of nitro benzene ring substituents is 1. The van der Waals surface area contributed by atoms with Crippen molar-refractivity contribution >= 4 is 46.7 Å². The highest BCUT2D eigenvalue weighted by molar-refractivity contribution is 5.91. The summed E-state index contributed by atoms with van der Waals surface area (Å²) in [4.78, 5) is 82.9. The Morgan fingerprint density at radius 3 is 1.67 bits per heavy atom. The molecule has 0 heterocycles. The highest BCUT2D eigenvalue weighted by atomic mass is 16.6. The number of hydrogen-bond donors (Lipinski definition) is 7. The molecule has 7 N–H and O–H groups in total. The van der Waals surface area contributed by atoms with Gasteiger partial charge < -0.3 is 36.8 Å². The standard InChI is InChI=1S/C36H47N7O11/c1-22(2)18-29(33(46)41-28(35(49)50)9-7-6-8-27(34(47)48)39-32(45)20-36(3,4)5)40-31(44)19-23-10-12-24(13-11-23)37-30(21-42(51)52)38-25-14-16-26(17-15-25)43(53)54/h6-7,10-17,21-22,27-29,37-38H,8-9,18-20H2,1-5H3,(H,39,45)(H,40,44)(H,41,46)(H,47,48)(H,49,50)/b7-6+,30-21-. The van der Waals surface area contributed by atoms with E-state index in [1.807, 2.05) is 34.6 Å². The van der Waals surface area contributed by atoms with E-state index in [0.717, 1.165) is 0 Å². The van der Waals surface area contributed by atoms with Crippen molar-refractivity contribution in [2.75, 3.05) is 10.6 Å². The first-order valence-corrected chi connectivity index (χ1v) is 16.9. The number of aliphatic carboxylic acids is 2. The SMILES string of the molecule is CC(C)CC(NC(=O)Cc1ccc(N/C(=C/[N+](=O)[O-])Nc2ccc([N+](=O)[O-])cc2)cc1)C(=O)NC(C/C=C/CC(NC(=O)CC(C)(C)C)C(=O)O)C(=O)O. The number of carboxylic acids is 2. The van der Waals surface area contributed by atoms with Crippen molar-refractivity contribution in [2.45, 2.75) is 84.8 Å². The van der Waals surface area contributed by atoms with E-state index in [1.54, 1.807) is 24.3 Å². The minimum absolute atomic E-state index is 0.0402.